The van der Waals surface area contributed by atoms with E-state index in [0.717, 1.165) is 0 Å². The normalized spacial score (nSPS) is 19.6. The van der Waals surface area contributed by atoms with Crippen molar-refractivity contribution < 1.29 is 22.8 Å². The van der Waals surface area contributed by atoms with E-state index in [1.807, 2.05) is 0 Å². The topological polar surface area (TPSA) is 58.2 Å². The molecule has 2 atom stereocenters. The molecule has 2 N–H and O–H groups in total. The van der Waals surface area contributed by atoms with Crippen LogP contribution in [0.3, 0.4) is 0 Å². The highest BCUT2D eigenvalue weighted by molar-refractivity contribution is 6.53. The molecule has 1 saturated carbocycles. The van der Waals surface area contributed by atoms with Crippen LogP contribution in [-0.4, -0.2) is 22.3 Å². The van der Waals surface area contributed by atoms with Gasteiger partial charge in [-0.3, -0.25) is 9.59 Å². The van der Waals surface area contributed by atoms with Gasteiger partial charge in [0.15, 0.2) is 0 Å². The zero-order valence-corrected chi connectivity index (χ0v) is 18.9. The van der Waals surface area contributed by atoms with Crippen LogP contribution in [-0.2, 0) is 16.1 Å². The van der Waals surface area contributed by atoms with Crippen molar-refractivity contribution in [2.45, 2.75) is 23.0 Å². The molecule has 0 saturated heterocycles. The molecule has 2 aromatic carbocycles. The summed E-state index contributed by atoms with van der Waals surface area (Å²) in [5.41, 5.74) is 1.05. The van der Waals surface area contributed by atoms with Gasteiger partial charge in [-0.15, -0.1) is 23.2 Å². The summed E-state index contributed by atoms with van der Waals surface area (Å²) in [6, 6.07) is 8.98. The highest BCUT2D eigenvalue weighted by atomic mass is 35.5. The average molecular weight is 535 g/mol. The Morgan fingerprint density at radius 3 is 2.23 bits per heavy atom. The van der Waals surface area contributed by atoms with Crippen molar-refractivity contribution in [3.63, 3.8) is 0 Å². The molecule has 1 aliphatic carbocycles. The van der Waals surface area contributed by atoms with Gasteiger partial charge < -0.3 is 10.6 Å². The number of rotatable bonds is 5. The predicted octanol–water partition coefficient (Wildman–Crippen LogP) is 6.35. The van der Waals surface area contributed by atoms with Crippen LogP contribution < -0.4 is 10.6 Å². The Balaban J connectivity index is 1.71. The molecule has 31 heavy (non-hydrogen) atoms. The third kappa shape index (κ3) is 5.34. The highest BCUT2D eigenvalue weighted by Gasteiger charge is 2.67. The largest absolute Gasteiger partial charge is 0.471 e. The molecule has 166 valence electrons. The minimum absolute atomic E-state index is 0.115. The Morgan fingerprint density at radius 1 is 0.968 bits per heavy atom. The number of nitrogens with one attached hydrogen (secondary N) is 2. The van der Waals surface area contributed by atoms with Gasteiger partial charge in [-0.25, -0.2) is 0 Å². The summed E-state index contributed by atoms with van der Waals surface area (Å²) in [7, 11) is 0. The number of amides is 2. The summed E-state index contributed by atoms with van der Waals surface area (Å²) >= 11 is 30.5. The van der Waals surface area contributed by atoms with Gasteiger partial charge in [0, 0.05) is 23.2 Å². The number of carbonyl (C=O) groups is 2. The van der Waals surface area contributed by atoms with Crippen molar-refractivity contribution >= 4 is 75.5 Å². The quantitative estimate of drug-likeness (QED) is 0.439. The van der Waals surface area contributed by atoms with E-state index in [-0.39, 0.29) is 21.3 Å². The van der Waals surface area contributed by atoms with Crippen LogP contribution in [0.2, 0.25) is 15.1 Å². The van der Waals surface area contributed by atoms with E-state index >= 15 is 0 Å². The first-order chi connectivity index (χ1) is 14.3. The third-order valence-corrected chi connectivity index (χ3v) is 6.70. The Labute approximate surface area is 199 Å². The van der Waals surface area contributed by atoms with Crippen LogP contribution in [0.4, 0.5) is 18.9 Å². The van der Waals surface area contributed by atoms with Gasteiger partial charge >= 0.3 is 12.1 Å². The highest BCUT2D eigenvalue weighted by Crippen LogP contribution is 2.65. The van der Waals surface area contributed by atoms with E-state index in [1.54, 1.807) is 23.5 Å². The molecule has 0 radical (unpaired) electrons. The van der Waals surface area contributed by atoms with Crippen molar-refractivity contribution in [2.24, 2.45) is 5.92 Å². The lowest BCUT2D eigenvalue weighted by Crippen LogP contribution is -2.36. The molecule has 2 unspecified atom stereocenters. The van der Waals surface area contributed by atoms with E-state index in [4.69, 9.17) is 58.0 Å². The molecule has 0 bridgehead atoms. The molecular weight excluding hydrogens is 522 g/mol. The molecule has 2 aromatic rings. The zero-order chi connectivity index (χ0) is 23.1. The molecule has 0 aromatic heterocycles. The van der Waals surface area contributed by atoms with Gasteiger partial charge in [0.1, 0.15) is 4.33 Å². The average Bonchev–Trinajstić information content (AvgIpc) is 3.25. The van der Waals surface area contributed by atoms with E-state index in [0.29, 0.717) is 10.6 Å². The summed E-state index contributed by atoms with van der Waals surface area (Å²) in [4.78, 5) is 23.7. The molecule has 1 fully saturated rings. The molecule has 1 aliphatic rings. The van der Waals surface area contributed by atoms with Gasteiger partial charge in [-0.2, -0.15) is 13.2 Å². The lowest BCUT2D eigenvalue weighted by molar-refractivity contribution is -0.173. The van der Waals surface area contributed by atoms with E-state index in [9.17, 15) is 22.8 Å². The summed E-state index contributed by atoms with van der Waals surface area (Å²) in [6.45, 7) is -0.481. The zero-order valence-electron chi connectivity index (χ0n) is 15.2. The van der Waals surface area contributed by atoms with Crippen LogP contribution in [0.1, 0.15) is 17.0 Å². The Bertz CT molecular complexity index is 1050. The first kappa shape index (κ1) is 24.3. The van der Waals surface area contributed by atoms with Crippen LogP contribution in [0.25, 0.3) is 0 Å². The molecule has 0 heterocycles. The molecule has 4 nitrogen and oxygen atoms in total. The molecule has 2 amide bonds. The minimum atomic E-state index is -5.02. The predicted molar refractivity (Wildman–Crippen MR) is 115 cm³/mol. The fourth-order valence-electron chi connectivity index (χ4n) is 3.06. The number of alkyl halides is 5. The Morgan fingerprint density at radius 2 is 1.61 bits per heavy atom. The lowest BCUT2D eigenvalue weighted by Gasteiger charge is -2.11. The van der Waals surface area contributed by atoms with Crippen LogP contribution in [0.5, 0.6) is 0 Å². The number of halogens is 8. The van der Waals surface area contributed by atoms with Gasteiger partial charge in [0.2, 0.25) is 5.91 Å². The smallest absolute Gasteiger partial charge is 0.344 e. The fourth-order valence-corrected chi connectivity index (χ4v) is 4.38. The first-order valence-corrected chi connectivity index (χ1v) is 10.5. The maximum atomic E-state index is 12.7. The monoisotopic (exact) mass is 532 g/mol. The molecule has 3 rings (SSSR count). The summed E-state index contributed by atoms with van der Waals surface area (Å²) in [6.07, 6.45) is -5.02. The van der Waals surface area contributed by atoms with Gasteiger partial charge in [0.05, 0.1) is 16.0 Å². The Hall–Kier alpha value is -1.38. The molecule has 0 aliphatic heterocycles. The van der Waals surface area contributed by atoms with E-state index in [2.05, 4.69) is 5.32 Å². The minimum Gasteiger partial charge on any atom is -0.344 e. The molecule has 0 spiro atoms. The number of benzene rings is 2. The SMILES string of the molecule is O=C(Nc1ccc(Cl)c(CNC(=O)C(F)(F)F)c1)C1C(c2ccc(Cl)c(Cl)c2)C1(Cl)Cl. The Kier molecular flexibility index (Phi) is 6.94. The summed E-state index contributed by atoms with van der Waals surface area (Å²) < 4.78 is 35.7. The lowest BCUT2D eigenvalue weighted by atomic mass is 10.1. The van der Waals surface area contributed by atoms with Crippen LogP contribution in [0.15, 0.2) is 36.4 Å². The van der Waals surface area contributed by atoms with Crippen molar-refractivity contribution in [1.82, 2.24) is 5.32 Å². The maximum absolute atomic E-state index is 12.7. The summed E-state index contributed by atoms with van der Waals surface area (Å²) in [5.74, 6) is -3.95. The number of carbonyl (C=O) groups excluding carboxylic acids is 2. The van der Waals surface area contributed by atoms with Crippen LogP contribution >= 0.6 is 58.0 Å². The second-order valence-corrected chi connectivity index (χ2v) is 9.45. The number of hydrogen-bond donors (Lipinski definition) is 2. The van der Waals surface area contributed by atoms with Crippen LogP contribution in [0, 0.1) is 5.92 Å². The standard InChI is InChI=1S/C19H12Cl5F3N2O2/c20-11-4-2-10(5-9(11)7-28-17(31)19(25,26)27)29-16(30)15-14(18(15,23)24)8-1-3-12(21)13(22)6-8/h1-6,14-15H,7H2,(H,28,31)(H,29,30). The number of anilines is 1. The number of hydrogen-bond acceptors (Lipinski definition) is 2. The fraction of sp³-hybridized carbons (Fsp3) is 0.263. The van der Waals surface area contributed by atoms with Gasteiger partial charge in [-0.1, -0.05) is 40.9 Å². The van der Waals surface area contributed by atoms with Crippen molar-refractivity contribution in [3.8, 4) is 0 Å². The maximum Gasteiger partial charge on any atom is 0.471 e. The molecule has 12 heteroatoms. The van der Waals surface area contributed by atoms with Crippen molar-refractivity contribution in [2.75, 3.05) is 5.32 Å². The first-order valence-electron chi connectivity index (χ1n) is 8.59. The van der Waals surface area contributed by atoms with E-state index < -0.39 is 40.7 Å². The second kappa shape index (κ2) is 8.87. The second-order valence-electron chi connectivity index (χ2n) is 6.78. The molecular formula is C19H12Cl5F3N2O2. The van der Waals surface area contributed by atoms with Gasteiger partial charge in [0.25, 0.3) is 0 Å². The summed E-state index contributed by atoms with van der Waals surface area (Å²) in [5, 5.41) is 5.08. The van der Waals surface area contributed by atoms with Crippen molar-refractivity contribution in [3.05, 3.63) is 62.6 Å². The van der Waals surface area contributed by atoms with Gasteiger partial charge in [-0.05, 0) is 41.5 Å². The third-order valence-electron chi connectivity index (χ3n) is 4.65. The van der Waals surface area contributed by atoms with Crippen molar-refractivity contribution in [1.29, 1.82) is 0 Å². The van der Waals surface area contributed by atoms with E-state index in [1.165, 1.54) is 18.2 Å².